The molecular weight excluding hydrogens is 214 g/mol. The Morgan fingerprint density at radius 1 is 1.24 bits per heavy atom. The number of hydrogen-bond acceptors (Lipinski definition) is 2. The molecule has 0 aliphatic heterocycles. The van der Waals surface area contributed by atoms with Gasteiger partial charge in [-0.1, -0.05) is 30.3 Å². The molecule has 1 aromatic rings. The normalized spacial score (nSPS) is 33.5. The molecule has 3 aliphatic carbocycles. The van der Waals surface area contributed by atoms with Crippen LogP contribution < -0.4 is 0 Å². The van der Waals surface area contributed by atoms with E-state index >= 15 is 0 Å². The minimum absolute atomic E-state index is 0.124. The van der Waals surface area contributed by atoms with E-state index in [1.165, 1.54) is 17.7 Å². The first kappa shape index (κ1) is 10.8. The highest BCUT2D eigenvalue weighted by molar-refractivity contribution is 5.86. The Hall–Kier alpha value is -1.35. The van der Waals surface area contributed by atoms with Gasteiger partial charge in [0, 0.05) is 7.05 Å². The second kappa shape index (κ2) is 3.33. The van der Waals surface area contributed by atoms with Crippen molar-refractivity contribution in [1.82, 2.24) is 5.06 Å². The zero-order valence-electron chi connectivity index (χ0n) is 10.3. The van der Waals surface area contributed by atoms with E-state index in [4.69, 9.17) is 4.84 Å². The first-order valence-electron chi connectivity index (χ1n) is 6.00. The van der Waals surface area contributed by atoms with Crippen LogP contribution in [0.15, 0.2) is 30.3 Å². The van der Waals surface area contributed by atoms with Gasteiger partial charge >= 0.3 is 0 Å². The summed E-state index contributed by atoms with van der Waals surface area (Å²) < 4.78 is 0. The van der Waals surface area contributed by atoms with Gasteiger partial charge in [0.25, 0.3) is 5.91 Å². The molecule has 1 amide bonds. The fraction of sp³-hybridized carbons (Fsp3) is 0.500. The number of hydroxylamine groups is 2. The first-order chi connectivity index (χ1) is 8.12. The molecule has 0 aromatic heterocycles. The minimum Gasteiger partial charge on any atom is -0.275 e. The third-order valence-electron chi connectivity index (χ3n) is 4.43. The molecule has 3 aliphatic rings. The van der Waals surface area contributed by atoms with Crippen LogP contribution in [0, 0.1) is 5.41 Å². The summed E-state index contributed by atoms with van der Waals surface area (Å²) in [6, 6.07) is 10.5. The summed E-state index contributed by atoms with van der Waals surface area (Å²) in [6.07, 6.45) is 2.95. The molecule has 1 aromatic carbocycles. The maximum atomic E-state index is 12.1. The molecule has 3 heteroatoms. The van der Waals surface area contributed by atoms with Gasteiger partial charge in [0.1, 0.15) is 0 Å². The fourth-order valence-electron chi connectivity index (χ4n) is 3.53. The van der Waals surface area contributed by atoms with E-state index in [2.05, 4.69) is 24.3 Å². The lowest BCUT2D eigenvalue weighted by molar-refractivity contribution is -0.218. The van der Waals surface area contributed by atoms with Crippen molar-refractivity contribution in [1.29, 1.82) is 0 Å². The van der Waals surface area contributed by atoms with Crippen molar-refractivity contribution in [2.45, 2.75) is 24.7 Å². The molecule has 0 saturated heterocycles. The fourth-order valence-corrected chi connectivity index (χ4v) is 3.53. The zero-order chi connectivity index (χ0) is 12.1. The Bertz CT molecular complexity index is 435. The molecule has 0 spiro atoms. The van der Waals surface area contributed by atoms with Crippen LogP contribution in [0.5, 0.6) is 0 Å². The van der Waals surface area contributed by atoms with Gasteiger partial charge in [0.15, 0.2) is 0 Å². The first-order valence-corrected chi connectivity index (χ1v) is 6.00. The average molecular weight is 231 g/mol. The van der Waals surface area contributed by atoms with E-state index < -0.39 is 0 Å². The Morgan fingerprint density at radius 2 is 1.82 bits per heavy atom. The van der Waals surface area contributed by atoms with E-state index in [1.54, 1.807) is 7.05 Å². The molecule has 0 radical (unpaired) electrons. The van der Waals surface area contributed by atoms with Crippen LogP contribution in [0.3, 0.4) is 0 Å². The van der Waals surface area contributed by atoms with Crippen LogP contribution in [-0.2, 0) is 15.0 Å². The van der Waals surface area contributed by atoms with Crippen molar-refractivity contribution in [3.05, 3.63) is 35.9 Å². The summed E-state index contributed by atoms with van der Waals surface area (Å²) in [6.45, 7) is 0. The lowest BCUT2D eigenvalue weighted by atomic mass is 9.33. The largest absolute Gasteiger partial charge is 0.275 e. The molecule has 0 heterocycles. The summed E-state index contributed by atoms with van der Waals surface area (Å²) in [5.74, 6) is 0.137. The van der Waals surface area contributed by atoms with E-state index in [9.17, 15) is 4.79 Å². The van der Waals surface area contributed by atoms with Crippen molar-refractivity contribution < 1.29 is 9.63 Å². The Balaban J connectivity index is 1.73. The highest BCUT2D eigenvalue weighted by Gasteiger charge is 2.72. The van der Waals surface area contributed by atoms with Crippen molar-refractivity contribution >= 4 is 5.91 Å². The number of nitrogens with zero attached hydrogens (tertiary/aromatic N) is 1. The second-order valence-electron chi connectivity index (χ2n) is 5.44. The number of carbonyl (C=O) groups excluding carboxylic acids is 1. The van der Waals surface area contributed by atoms with Crippen LogP contribution in [0.25, 0.3) is 0 Å². The summed E-state index contributed by atoms with van der Waals surface area (Å²) in [5.41, 5.74) is 1.54. The number of benzene rings is 1. The van der Waals surface area contributed by atoms with Crippen LogP contribution in [0.2, 0.25) is 0 Å². The highest BCUT2D eigenvalue weighted by Crippen LogP contribution is 2.74. The molecule has 3 nitrogen and oxygen atoms in total. The predicted octanol–water partition coefficient (Wildman–Crippen LogP) is 2.13. The smallest absolute Gasteiger partial charge is 0.252 e. The van der Waals surface area contributed by atoms with Crippen LogP contribution in [0.4, 0.5) is 0 Å². The van der Waals surface area contributed by atoms with E-state index in [-0.39, 0.29) is 16.7 Å². The van der Waals surface area contributed by atoms with Gasteiger partial charge in [-0.15, -0.1) is 0 Å². The quantitative estimate of drug-likeness (QED) is 0.746. The Morgan fingerprint density at radius 3 is 2.35 bits per heavy atom. The van der Waals surface area contributed by atoms with E-state index in [0.29, 0.717) is 0 Å². The summed E-state index contributed by atoms with van der Waals surface area (Å²) >= 11 is 0. The van der Waals surface area contributed by atoms with Gasteiger partial charge in [0.05, 0.1) is 12.5 Å². The topological polar surface area (TPSA) is 29.5 Å². The van der Waals surface area contributed by atoms with Gasteiger partial charge in [-0.25, -0.2) is 5.06 Å². The molecule has 3 saturated carbocycles. The Kier molecular flexibility index (Phi) is 2.11. The molecule has 90 valence electrons. The molecule has 0 N–H and O–H groups in total. The van der Waals surface area contributed by atoms with Crippen LogP contribution in [0.1, 0.15) is 24.8 Å². The van der Waals surface area contributed by atoms with Gasteiger partial charge < -0.3 is 0 Å². The maximum absolute atomic E-state index is 12.1. The molecule has 2 bridgehead atoms. The van der Waals surface area contributed by atoms with E-state index in [1.807, 2.05) is 6.07 Å². The maximum Gasteiger partial charge on any atom is 0.252 e. The third-order valence-corrected chi connectivity index (χ3v) is 4.43. The zero-order valence-corrected chi connectivity index (χ0v) is 10.3. The SMILES string of the molecule is CON(C)C(=O)C12CC(c3ccccc3)(C1)C2. The molecule has 0 atom stereocenters. The summed E-state index contributed by atoms with van der Waals surface area (Å²) in [4.78, 5) is 17.1. The van der Waals surface area contributed by atoms with Gasteiger partial charge in [-0.3, -0.25) is 9.63 Å². The molecule has 17 heavy (non-hydrogen) atoms. The molecular formula is C14H17NO2. The number of rotatable bonds is 3. The molecule has 4 rings (SSSR count). The minimum atomic E-state index is -0.124. The average Bonchev–Trinajstić information content (AvgIpc) is 2.26. The highest BCUT2D eigenvalue weighted by atomic mass is 16.7. The van der Waals surface area contributed by atoms with Crippen molar-refractivity contribution in [2.24, 2.45) is 5.41 Å². The number of amides is 1. The second-order valence-corrected chi connectivity index (χ2v) is 5.44. The third kappa shape index (κ3) is 1.29. The Labute approximate surface area is 101 Å². The standard InChI is InChI=1S/C14H17NO2/c1-15(17-2)12(16)14-8-13(9-14,10-14)11-6-4-3-5-7-11/h3-7H,8-10H2,1-2H3. The van der Waals surface area contributed by atoms with Crippen molar-refractivity contribution in [3.63, 3.8) is 0 Å². The number of hydrogen-bond donors (Lipinski definition) is 0. The van der Waals surface area contributed by atoms with Crippen molar-refractivity contribution in [2.75, 3.05) is 14.2 Å². The van der Waals surface area contributed by atoms with Gasteiger partial charge in [-0.2, -0.15) is 0 Å². The summed E-state index contributed by atoms with van der Waals surface area (Å²) in [7, 11) is 3.23. The van der Waals surface area contributed by atoms with E-state index in [0.717, 1.165) is 19.3 Å². The predicted molar refractivity (Wildman–Crippen MR) is 64.2 cm³/mol. The molecule has 0 unspecified atom stereocenters. The van der Waals surface area contributed by atoms with Gasteiger partial charge in [-0.05, 0) is 30.2 Å². The van der Waals surface area contributed by atoms with Crippen LogP contribution >= 0.6 is 0 Å². The lowest BCUT2D eigenvalue weighted by Gasteiger charge is -2.70. The number of carbonyl (C=O) groups is 1. The summed E-state index contributed by atoms with van der Waals surface area (Å²) in [5, 5.41) is 1.37. The lowest BCUT2D eigenvalue weighted by Crippen LogP contribution is -2.69. The van der Waals surface area contributed by atoms with Crippen molar-refractivity contribution in [3.8, 4) is 0 Å². The van der Waals surface area contributed by atoms with Crippen LogP contribution in [-0.4, -0.2) is 25.1 Å². The van der Waals surface area contributed by atoms with Gasteiger partial charge in [0.2, 0.25) is 0 Å². The monoisotopic (exact) mass is 231 g/mol. The molecule has 3 fully saturated rings.